The average Bonchev–Trinajstić information content (AvgIpc) is 2.92. The van der Waals surface area contributed by atoms with Crippen LogP contribution in [-0.4, -0.2) is 40.0 Å². The second kappa shape index (κ2) is 7.80. The van der Waals surface area contributed by atoms with Crippen LogP contribution in [0.4, 0.5) is 0 Å². The molecule has 0 fully saturated rings. The lowest BCUT2D eigenvalue weighted by atomic mass is 10.2. The monoisotopic (exact) mass is 355 g/mol. The van der Waals surface area contributed by atoms with Crippen LogP contribution in [0.2, 0.25) is 0 Å². The molecule has 2 heterocycles. The van der Waals surface area contributed by atoms with E-state index in [1.807, 2.05) is 44.2 Å². The molecule has 0 N–H and O–H groups in total. The second-order valence-electron chi connectivity index (χ2n) is 5.88. The molecule has 130 valence electrons. The number of carbonyl (C=O) groups excluding carboxylic acids is 1. The standard InChI is InChI=1S/C19H21N3O2S/c1-13-10-17(14(2)22(13)8-9-24-3)18(23)12-25-19-16-7-5-4-6-15(16)11-20-21-19/h4-7,10-11H,8-9,12H2,1-3H3. The van der Waals surface area contributed by atoms with Gasteiger partial charge in [0.25, 0.3) is 0 Å². The fraction of sp³-hybridized carbons (Fsp3) is 0.316. The Balaban J connectivity index is 1.76. The van der Waals surface area contributed by atoms with Gasteiger partial charge >= 0.3 is 0 Å². The summed E-state index contributed by atoms with van der Waals surface area (Å²) < 4.78 is 7.27. The summed E-state index contributed by atoms with van der Waals surface area (Å²) in [5.74, 6) is 0.452. The molecular formula is C19H21N3O2S. The zero-order valence-corrected chi connectivity index (χ0v) is 15.5. The van der Waals surface area contributed by atoms with Crippen LogP contribution in [0.1, 0.15) is 21.7 Å². The van der Waals surface area contributed by atoms with Crippen LogP contribution in [-0.2, 0) is 11.3 Å². The van der Waals surface area contributed by atoms with Crippen LogP contribution >= 0.6 is 11.8 Å². The van der Waals surface area contributed by atoms with Gasteiger partial charge in [-0.3, -0.25) is 4.79 Å². The molecule has 3 rings (SSSR count). The molecule has 0 bridgehead atoms. The van der Waals surface area contributed by atoms with Gasteiger partial charge in [-0.2, -0.15) is 5.10 Å². The lowest BCUT2D eigenvalue weighted by Crippen LogP contribution is -2.09. The number of hydrogen-bond donors (Lipinski definition) is 0. The minimum atomic E-state index is 0.108. The Morgan fingerprint density at radius 2 is 2.08 bits per heavy atom. The summed E-state index contributed by atoms with van der Waals surface area (Å²) in [6.07, 6.45) is 1.74. The number of ketones is 1. The van der Waals surface area contributed by atoms with Crippen LogP contribution < -0.4 is 0 Å². The van der Waals surface area contributed by atoms with E-state index in [9.17, 15) is 4.79 Å². The highest BCUT2D eigenvalue weighted by molar-refractivity contribution is 8.00. The van der Waals surface area contributed by atoms with Gasteiger partial charge in [-0.1, -0.05) is 36.0 Å². The van der Waals surface area contributed by atoms with Gasteiger partial charge in [0, 0.05) is 41.4 Å². The smallest absolute Gasteiger partial charge is 0.174 e. The minimum absolute atomic E-state index is 0.108. The van der Waals surface area contributed by atoms with Gasteiger partial charge in [-0.25, -0.2) is 0 Å². The SMILES string of the molecule is COCCn1c(C)cc(C(=O)CSc2nncc3ccccc23)c1C. The number of rotatable bonds is 7. The van der Waals surface area contributed by atoms with E-state index in [4.69, 9.17) is 4.74 Å². The van der Waals surface area contributed by atoms with E-state index in [1.165, 1.54) is 11.8 Å². The van der Waals surface area contributed by atoms with Crippen LogP contribution in [0.25, 0.3) is 10.8 Å². The minimum Gasteiger partial charge on any atom is -0.383 e. The van der Waals surface area contributed by atoms with Gasteiger partial charge in [0.15, 0.2) is 5.78 Å². The molecule has 0 radical (unpaired) electrons. The molecule has 0 saturated heterocycles. The quantitative estimate of drug-likeness (QED) is 0.478. The predicted molar refractivity (Wildman–Crippen MR) is 100 cm³/mol. The van der Waals surface area contributed by atoms with Crippen molar-refractivity contribution < 1.29 is 9.53 Å². The fourth-order valence-electron chi connectivity index (χ4n) is 2.93. The maximum atomic E-state index is 12.7. The number of benzene rings is 1. The number of thioether (sulfide) groups is 1. The van der Waals surface area contributed by atoms with Gasteiger partial charge in [0.1, 0.15) is 5.03 Å². The van der Waals surface area contributed by atoms with Gasteiger partial charge < -0.3 is 9.30 Å². The number of aromatic nitrogens is 3. The maximum Gasteiger partial charge on any atom is 0.174 e. The largest absolute Gasteiger partial charge is 0.383 e. The molecule has 0 atom stereocenters. The van der Waals surface area contributed by atoms with Crippen molar-refractivity contribution in [3.63, 3.8) is 0 Å². The molecule has 1 aromatic carbocycles. The molecule has 0 aliphatic carbocycles. The first kappa shape index (κ1) is 17.6. The first-order valence-electron chi connectivity index (χ1n) is 8.14. The second-order valence-corrected chi connectivity index (χ2v) is 6.84. The zero-order valence-electron chi connectivity index (χ0n) is 14.7. The molecule has 0 spiro atoms. The third kappa shape index (κ3) is 3.75. The molecule has 25 heavy (non-hydrogen) atoms. The van der Waals surface area contributed by atoms with Crippen molar-refractivity contribution in [3.8, 4) is 0 Å². The van der Waals surface area contributed by atoms with E-state index in [1.54, 1.807) is 13.3 Å². The van der Waals surface area contributed by atoms with Crippen LogP contribution in [0, 0.1) is 13.8 Å². The lowest BCUT2D eigenvalue weighted by Gasteiger charge is -2.09. The molecule has 0 saturated carbocycles. The topological polar surface area (TPSA) is 57.0 Å². The Labute approximate surface area is 151 Å². The Morgan fingerprint density at radius 3 is 2.88 bits per heavy atom. The average molecular weight is 355 g/mol. The first-order valence-corrected chi connectivity index (χ1v) is 9.12. The van der Waals surface area contributed by atoms with Gasteiger partial charge in [0.05, 0.1) is 18.6 Å². The van der Waals surface area contributed by atoms with E-state index < -0.39 is 0 Å². The lowest BCUT2D eigenvalue weighted by molar-refractivity contribution is 0.102. The number of aryl methyl sites for hydroxylation is 1. The third-order valence-corrected chi connectivity index (χ3v) is 5.25. The molecular weight excluding hydrogens is 334 g/mol. The van der Waals surface area contributed by atoms with Gasteiger partial charge in [-0.05, 0) is 19.9 Å². The highest BCUT2D eigenvalue weighted by Crippen LogP contribution is 2.26. The number of ether oxygens (including phenoxy) is 1. The summed E-state index contributed by atoms with van der Waals surface area (Å²) in [6, 6.07) is 9.91. The Hall–Kier alpha value is -2.18. The third-order valence-electron chi connectivity index (χ3n) is 4.27. The predicted octanol–water partition coefficient (Wildman–Crippen LogP) is 3.67. The fourth-order valence-corrected chi connectivity index (χ4v) is 3.80. The number of hydrogen-bond acceptors (Lipinski definition) is 5. The number of fused-ring (bicyclic) bond motifs is 1. The van der Waals surface area contributed by atoms with Crippen LogP contribution in [0.15, 0.2) is 41.6 Å². The summed E-state index contributed by atoms with van der Waals surface area (Å²) in [7, 11) is 1.68. The molecule has 5 nitrogen and oxygen atoms in total. The molecule has 0 aliphatic rings. The Morgan fingerprint density at radius 1 is 1.28 bits per heavy atom. The molecule has 6 heteroatoms. The van der Waals surface area contributed by atoms with E-state index in [2.05, 4.69) is 14.8 Å². The molecule has 2 aromatic heterocycles. The van der Waals surface area contributed by atoms with E-state index in [0.29, 0.717) is 12.4 Å². The van der Waals surface area contributed by atoms with Crippen molar-refractivity contribution in [2.45, 2.75) is 25.4 Å². The van der Waals surface area contributed by atoms with Crippen LogP contribution in [0.3, 0.4) is 0 Å². The maximum absolute atomic E-state index is 12.7. The van der Waals surface area contributed by atoms with E-state index in [0.717, 1.165) is 39.3 Å². The molecule has 0 aliphatic heterocycles. The molecule has 0 unspecified atom stereocenters. The normalized spacial score (nSPS) is 11.2. The highest BCUT2D eigenvalue weighted by atomic mass is 32.2. The number of Topliss-reactive ketones (excluding diaryl/α,β-unsaturated/α-hetero) is 1. The first-order chi connectivity index (χ1) is 12.1. The van der Waals surface area contributed by atoms with Gasteiger partial charge in [-0.15, -0.1) is 5.10 Å². The van der Waals surface area contributed by atoms with Crippen LogP contribution in [0.5, 0.6) is 0 Å². The summed E-state index contributed by atoms with van der Waals surface area (Å²) in [6.45, 7) is 5.38. The number of methoxy groups -OCH3 is 1. The van der Waals surface area contributed by atoms with E-state index >= 15 is 0 Å². The van der Waals surface area contributed by atoms with Crippen molar-refractivity contribution >= 4 is 28.3 Å². The van der Waals surface area contributed by atoms with Crippen molar-refractivity contribution in [2.75, 3.05) is 19.5 Å². The van der Waals surface area contributed by atoms with Crippen molar-refractivity contribution in [2.24, 2.45) is 0 Å². The highest BCUT2D eigenvalue weighted by Gasteiger charge is 2.16. The van der Waals surface area contributed by atoms with Gasteiger partial charge in [0.2, 0.25) is 0 Å². The number of nitrogens with zero attached hydrogens (tertiary/aromatic N) is 3. The number of carbonyl (C=O) groups is 1. The van der Waals surface area contributed by atoms with Crippen molar-refractivity contribution in [3.05, 3.63) is 53.5 Å². The van der Waals surface area contributed by atoms with Crippen molar-refractivity contribution in [1.29, 1.82) is 0 Å². The van der Waals surface area contributed by atoms with E-state index in [-0.39, 0.29) is 5.78 Å². The summed E-state index contributed by atoms with van der Waals surface area (Å²) >= 11 is 1.44. The summed E-state index contributed by atoms with van der Waals surface area (Å²) in [5.41, 5.74) is 2.84. The Kier molecular flexibility index (Phi) is 5.50. The zero-order chi connectivity index (χ0) is 17.8. The molecule has 0 amide bonds. The molecule has 3 aromatic rings. The van der Waals surface area contributed by atoms with Crippen molar-refractivity contribution in [1.82, 2.24) is 14.8 Å². The summed E-state index contributed by atoms with van der Waals surface area (Å²) in [4.78, 5) is 12.7. The Bertz CT molecular complexity index is 900. The summed E-state index contributed by atoms with van der Waals surface area (Å²) in [5, 5.41) is 11.1.